The molecule has 36 heavy (non-hydrogen) atoms. The highest BCUT2D eigenvalue weighted by molar-refractivity contribution is 6.14. The maximum Gasteiger partial charge on any atom is 0.434 e. The summed E-state index contributed by atoms with van der Waals surface area (Å²) in [7, 11) is 0. The van der Waals surface area contributed by atoms with E-state index in [1.165, 1.54) is 0 Å². The zero-order valence-corrected chi connectivity index (χ0v) is 21.4. The lowest BCUT2D eigenvalue weighted by atomic mass is 9.92. The Morgan fingerprint density at radius 2 is 2.00 bits per heavy atom. The second-order valence-electron chi connectivity index (χ2n) is 8.38. The van der Waals surface area contributed by atoms with Gasteiger partial charge in [-0.3, -0.25) is 9.79 Å². The first kappa shape index (κ1) is 28.7. The second kappa shape index (κ2) is 13.0. The Morgan fingerprint density at radius 3 is 2.56 bits per heavy atom. The Hall–Kier alpha value is -3.49. The van der Waals surface area contributed by atoms with Gasteiger partial charge in [0.05, 0.1) is 18.4 Å². The van der Waals surface area contributed by atoms with Crippen molar-refractivity contribution in [2.24, 2.45) is 4.99 Å². The highest BCUT2D eigenvalue weighted by atomic mass is 19.4. The molecule has 0 radical (unpaired) electrons. The van der Waals surface area contributed by atoms with Gasteiger partial charge in [0.2, 0.25) is 5.88 Å². The largest absolute Gasteiger partial charge is 0.474 e. The van der Waals surface area contributed by atoms with E-state index >= 15 is 0 Å². The molecule has 1 aromatic heterocycles. The summed E-state index contributed by atoms with van der Waals surface area (Å²) in [5.74, 6) is -0.195. The molecule has 9 heteroatoms. The molecule has 0 fully saturated rings. The molecule has 0 bridgehead atoms. The van der Waals surface area contributed by atoms with Crippen LogP contribution in [0.25, 0.3) is 0 Å². The molecule has 1 amide bonds. The summed E-state index contributed by atoms with van der Waals surface area (Å²) in [5, 5.41) is 0. The molecule has 6 nitrogen and oxygen atoms in total. The molecular formula is C27H33F3N4O2. The number of allylic oxidation sites excluding steroid dienone is 6. The van der Waals surface area contributed by atoms with Gasteiger partial charge in [-0.15, -0.1) is 0 Å². The molecule has 0 saturated carbocycles. The summed E-state index contributed by atoms with van der Waals surface area (Å²) in [4.78, 5) is 27.1. The van der Waals surface area contributed by atoms with Crippen LogP contribution in [0.15, 0.2) is 76.8 Å². The SMILES string of the molecule is C=C/C=C\N=C(/C)C1=CC=C(C)CC(CC)=C1C(=O)N(CC)[C@@H](C)COc1cnc(C(F)(F)F)cn1. The topological polar surface area (TPSA) is 67.7 Å². The maximum absolute atomic E-state index is 13.9. The van der Waals surface area contributed by atoms with E-state index in [2.05, 4.69) is 21.5 Å². The number of amides is 1. The van der Waals surface area contributed by atoms with E-state index in [0.29, 0.717) is 36.9 Å². The molecule has 1 atom stereocenters. The van der Waals surface area contributed by atoms with Gasteiger partial charge in [0, 0.05) is 29.6 Å². The van der Waals surface area contributed by atoms with Crippen molar-refractivity contribution in [3.8, 4) is 5.88 Å². The van der Waals surface area contributed by atoms with E-state index in [0.717, 1.165) is 22.9 Å². The van der Waals surface area contributed by atoms with Crippen molar-refractivity contribution in [2.45, 2.75) is 59.7 Å². The summed E-state index contributed by atoms with van der Waals surface area (Å²) < 4.78 is 43.7. The Bertz CT molecular complexity index is 1100. The van der Waals surface area contributed by atoms with Gasteiger partial charge in [-0.2, -0.15) is 13.2 Å². The molecule has 1 aromatic rings. The zero-order valence-electron chi connectivity index (χ0n) is 21.4. The van der Waals surface area contributed by atoms with Crippen LogP contribution in [0.1, 0.15) is 53.2 Å². The highest BCUT2D eigenvalue weighted by Crippen LogP contribution is 2.30. The smallest absolute Gasteiger partial charge is 0.434 e. The molecule has 0 aliphatic heterocycles. The van der Waals surface area contributed by atoms with Crippen LogP contribution in [-0.2, 0) is 11.0 Å². The van der Waals surface area contributed by atoms with Gasteiger partial charge in [-0.05, 0) is 46.6 Å². The molecule has 0 N–H and O–H groups in total. The Morgan fingerprint density at radius 1 is 1.28 bits per heavy atom. The lowest BCUT2D eigenvalue weighted by Crippen LogP contribution is -2.43. The van der Waals surface area contributed by atoms with E-state index in [-0.39, 0.29) is 24.4 Å². The molecule has 0 spiro atoms. The average Bonchev–Trinajstić information content (AvgIpc) is 3.01. The molecule has 1 aliphatic carbocycles. The van der Waals surface area contributed by atoms with Crippen molar-refractivity contribution in [2.75, 3.05) is 13.2 Å². The van der Waals surface area contributed by atoms with Crippen LogP contribution in [0.4, 0.5) is 13.2 Å². The van der Waals surface area contributed by atoms with Crippen LogP contribution in [0.5, 0.6) is 5.88 Å². The summed E-state index contributed by atoms with van der Waals surface area (Å²) in [6.07, 6.45) is 7.28. The number of aliphatic imine (C=N–C) groups is 1. The first-order valence-electron chi connectivity index (χ1n) is 11.8. The van der Waals surface area contributed by atoms with Crippen molar-refractivity contribution in [1.29, 1.82) is 0 Å². The molecular weight excluding hydrogens is 469 g/mol. The van der Waals surface area contributed by atoms with Gasteiger partial charge in [-0.25, -0.2) is 9.97 Å². The van der Waals surface area contributed by atoms with Crippen molar-refractivity contribution in [3.63, 3.8) is 0 Å². The average molecular weight is 503 g/mol. The predicted molar refractivity (Wildman–Crippen MR) is 136 cm³/mol. The first-order valence-corrected chi connectivity index (χ1v) is 11.8. The van der Waals surface area contributed by atoms with Crippen LogP contribution in [0, 0.1) is 0 Å². The number of likely N-dealkylation sites (N-methyl/N-ethyl adjacent to an activating group) is 1. The second-order valence-corrected chi connectivity index (χ2v) is 8.38. The summed E-state index contributed by atoms with van der Waals surface area (Å²) in [6, 6.07) is -0.381. The van der Waals surface area contributed by atoms with Crippen molar-refractivity contribution < 1.29 is 22.7 Å². The molecule has 0 aromatic carbocycles. The van der Waals surface area contributed by atoms with Gasteiger partial charge in [0.1, 0.15) is 6.61 Å². The van der Waals surface area contributed by atoms with Crippen LogP contribution in [-0.4, -0.2) is 45.7 Å². The fourth-order valence-corrected chi connectivity index (χ4v) is 3.77. The minimum atomic E-state index is -4.57. The molecule has 0 unspecified atom stereocenters. The number of hydrogen-bond acceptors (Lipinski definition) is 5. The summed E-state index contributed by atoms with van der Waals surface area (Å²) in [5.41, 5.74) is 3.13. The monoisotopic (exact) mass is 502 g/mol. The summed E-state index contributed by atoms with van der Waals surface area (Å²) in [6.45, 7) is 13.7. The number of aromatic nitrogens is 2. The standard InChI is InChI=1S/C27H33F3N4O2/c1-7-10-13-31-20(6)22-12-11-18(4)14-21(8-2)25(22)26(35)34(9-3)19(5)17-36-24-16-32-23(15-33-24)27(28,29)30/h7,10-13,15-16,19H,1,8-9,14,17H2,2-6H3/b13-10-,31-20+/t19-/m0/s1. The third-order valence-electron chi connectivity index (χ3n) is 5.70. The number of ether oxygens (including phenoxy) is 1. The zero-order chi connectivity index (χ0) is 26.9. The summed E-state index contributed by atoms with van der Waals surface area (Å²) >= 11 is 0. The Labute approximate surface area is 210 Å². The van der Waals surface area contributed by atoms with Crippen LogP contribution in [0.2, 0.25) is 0 Å². The molecule has 0 saturated heterocycles. The fourth-order valence-electron chi connectivity index (χ4n) is 3.77. The first-order chi connectivity index (χ1) is 17.0. The number of carbonyl (C=O) groups excluding carboxylic acids is 1. The van der Waals surface area contributed by atoms with Crippen molar-refractivity contribution in [1.82, 2.24) is 14.9 Å². The van der Waals surface area contributed by atoms with Crippen molar-refractivity contribution >= 4 is 11.6 Å². The number of hydrogen-bond donors (Lipinski definition) is 0. The van der Waals surface area contributed by atoms with Crippen LogP contribution < -0.4 is 4.74 Å². The van der Waals surface area contributed by atoms with Crippen LogP contribution >= 0.6 is 0 Å². The quantitative estimate of drug-likeness (QED) is 0.280. The Kier molecular flexibility index (Phi) is 10.4. The lowest BCUT2D eigenvalue weighted by molar-refractivity contribution is -0.141. The Balaban J connectivity index is 2.31. The molecule has 1 heterocycles. The van der Waals surface area contributed by atoms with Gasteiger partial charge in [-0.1, -0.05) is 42.9 Å². The van der Waals surface area contributed by atoms with Crippen LogP contribution in [0.3, 0.4) is 0 Å². The number of rotatable bonds is 10. The minimum absolute atomic E-state index is 0.0415. The third kappa shape index (κ3) is 7.50. The molecule has 194 valence electrons. The number of carbonyl (C=O) groups is 1. The maximum atomic E-state index is 13.9. The van der Waals surface area contributed by atoms with E-state index in [9.17, 15) is 18.0 Å². The van der Waals surface area contributed by atoms with Crippen molar-refractivity contribution in [3.05, 3.63) is 77.5 Å². The van der Waals surface area contributed by atoms with E-state index < -0.39 is 11.9 Å². The minimum Gasteiger partial charge on any atom is -0.474 e. The van der Waals surface area contributed by atoms with Gasteiger partial charge < -0.3 is 9.64 Å². The molecule has 2 rings (SSSR count). The van der Waals surface area contributed by atoms with Gasteiger partial charge in [0.15, 0.2) is 5.69 Å². The predicted octanol–water partition coefficient (Wildman–Crippen LogP) is 6.25. The van der Waals surface area contributed by atoms with E-state index in [1.807, 2.05) is 46.8 Å². The van der Waals surface area contributed by atoms with E-state index in [1.54, 1.807) is 23.3 Å². The number of alkyl halides is 3. The third-order valence-corrected chi connectivity index (χ3v) is 5.70. The molecule has 1 aliphatic rings. The van der Waals surface area contributed by atoms with Gasteiger partial charge in [0.25, 0.3) is 5.91 Å². The lowest BCUT2D eigenvalue weighted by Gasteiger charge is -2.30. The normalized spacial score (nSPS) is 15.8. The number of halogens is 3. The fraction of sp³-hybridized carbons (Fsp3) is 0.407. The number of nitrogens with zero attached hydrogens (tertiary/aromatic N) is 4. The highest BCUT2D eigenvalue weighted by Gasteiger charge is 2.33. The van der Waals surface area contributed by atoms with Gasteiger partial charge >= 0.3 is 6.18 Å². The van der Waals surface area contributed by atoms with E-state index in [4.69, 9.17) is 4.74 Å².